The van der Waals surface area contributed by atoms with Crippen molar-refractivity contribution in [2.75, 3.05) is 6.54 Å². The van der Waals surface area contributed by atoms with Crippen LogP contribution in [-0.2, 0) is 16.0 Å². The van der Waals surface area contributed by atoms with Crippen LogP contribution < -0.4 is 5.32 Å². The van der Waals surface area contributed by atoms with Crippen LogP contribution in [0.1, 0.15) is 43.2 Å². The highest BCUT2D eigenvalue weighted by Gasteiger charge is 2.17. The predicted octanol–water partition coefficient (Wildman–Crippen LogP) is 3.16. The molecule has 0 saturated carbocycles. The number of carbonyl (C=O) groups excluding carboxylic acids is 2. The molecule has 0 fully saturated rings. The fourth-order valence-corrected chi connectivity index (χ4v) is 2.61. The largest absolute Gasteiger partial charge is 0.463 e. The number of nitrogens with one attached hydrogen (secondary N) is 1. The molecule has 2 aromatic rings. The van der Waals surface area contributed by atoms with E-state index in [0.717, 1.165) is 11.4 Å². The summed E-state index contributed by atoms with van der Waals surface area (Å²) in [6.45, 7) is 5.74. The fraction of sp³-hybridized carbons (Fsp3) is 0.389. The molecule has 25 heavy (non-hydrogen) atoms. The molecule has 6 nitrogen and oxygen atoms in total. The number of benzene rings is 1. The first-order valence-electron chi connectivity index (χ1n) is 8.22. The van der Waals surface area contributed by atoms with Gasteiger partial charge in [0.25, 0.3) is 5.91 Å². The van der Waals surface area contributed by atoms with Crippen LogP contribution >= 0.6 is 11.6 Å². The van der Waals surface area contributed by atoms with Gasteiger partial charge < -0.3 is 10.1 Å². The van der Waals surface area contributed by atoms with Crippen molar-refractivity contribution in [2.45, 2.75) is 39.7 Å². The Morgan fingerprint density at radius 1 is 1.36 bits per heavy atom. The van der Waals surface area contributed by atoms with Gasteiger partial charge in [-0.25, -0.2) is 4.68 Å². The van der Waals surface area contributed by atoms with Gasteiger partial charge >= 0.3 is 5.97 Å². The van der Waals surface area contributed by atoms with Gasteiger partial charge in [0, 0.05) is 11.6 Å². The van der Waals surface area contributed by atoms with Crippen LogP contribution in [0.3, 0.4) is 0 Å². The Morgan fingerprint density at radius 3 is 2.76 bits per heavy atom. The van der Waals surface area contributed by atoms with Crippen LogP contribution in [0.2, 0.25) is 5.02 Å². The van der Waals surface area contributed by atoms with E-state index < -0.39 is 0 Å². The minimum Gasteiger partial charge on any atom is -0.463 e. The van der Waals surface area contributed by atoms with E-state index in [9.17, 15) is 9.59 Å². The summed E-state index contributed by atoms with van der Waals surface area (Å²) in [5, 5.41) is 7.64. The highest BCUT2D eigenvalue weighted by atomic mass is 35.5. The number of halogens is 1. The molecule has 0 saturated heterocycles. The highest BCUT2D eigenvalue weighted by Crippen LogP contribution is 2.19. The quantitative estimate of drug-likeness (QED) is 0.767. The lowest BCUT2D eigenvalue weighted by atomic mass is 10.2. The van der Waals surface area contributed by atoms with Crippen molar-refractivity contribution in [3.63, 3.8) is 0 Å². The van der Waals surface area contributed by atoms with Crippen molar-refractivity contribution in [3.8, 4) is 5.69 Å². The molecule has 7 heteroatoms. The molecule has 0 radical (unpaired) electrons. The first-order chi connectivity index (χ1) is 11.9. The van der Waals surface area contributed by atoms with Crippen LogP contribution in [0.25, 0.3) is 5.69 Å². The molecule has 0 aliphatic heterocycles. The van der Waals surface area contributed by atoms with Crippen LogP contribution in [0.5, 0.6) is 0 Å². The van der Waals surface area contributed by atoms with Crippen LogP contribution in [0, 0.1) is 0 Å². The van der Waals surface area contributed by atoms with Crippen molar-refractivity contribution in [2.24, 2.45) is 0 Å². The minimum atomic E-state index is -0.333. The summed E-state index contributed by atoms with van der Waals surface area (Å²) in [4.78, 5) is 23.9. The number of hydrogen-bond acceptors (Lipinski definition) is 4. The number of rotatable bonds is 7. The second-order valence-corrected chi connectivity index (χ2v) is 6.23. The second kappa shape index (κ2) is 8.67. The van der Waals surface area contributed by atoms with E-state index in [1.54, 1.807) is 30.7 Å². The smallest absolute Gasteiger partial charge is 0.307 e. The van der Waals surface area contributed by atoms with E-state index in [0.29, 0.717) is 17.0 Å². The second-order valence-electron chi connectivity index (χ2n) is 5.79. The third-order valence-corrected chi connectivity index (χ3v) is 3.72. The molecule has 1 N–H and O–H groups in total. The van der Waals surface area contributed by atoms with Gasteiger partial charge in [0.15, 0.2) is 0 Å². The monoisotopic (exact) mass is 363 g/mol. The predicted molar refractivity (Wildman–Crippen MR) is 96.1 cm³/mol. The Kier molecular flexibility index (Phi) is 6.58. The first-order valence-corrected chi connectivity index (χ1v) is 8.60. The molecule has 0 aliphatic carbocycles. The average Bonchev–Trinajstić information content (AvgIpc) is 2.98. The maximum absolute atomic E-state index is 12.4. The van der Waals surface area contributed by atoms with E-state index in [2.05, 4.69) is 10.4 Å². The average molecular weight is 364 g/mol. The third kappa shape index (κ3) is 5.06. The highest BCUT2D eigenvalue weighted by molar-refractivity contribution is 6.30. The lowest BCUT2D eigenvalue weighted by molar-refractivity contribution is -0.147. The summed E-state index contributed by atoms with van der Waals surface area (Å²) in [6.07, 6.45) is 2.13. The zero-order chi connectivity index (χ0) is 18.4. The Balaban J connectivity index is 2.07. The first kappa shape index (κ1) is 19.0. The Bertz CT molecular complexity index is 756. The van der Waals surface area contributed by atoms with Gasteiger partial charge in [-0.05, 0) is 38.5 Å². The molecule has 0 bridgehead atoms. The number of aromatic nitrogens is 2. The van der Waals surface area contributed by atoms with Gasteiger partial charge in [0.1, 0.15) is 0 Å². The summed E-state index contributed by atoms with van der Waals surface area (Å²) in [5.74, 6) is -0.594. The van der Waals surface area contributed by atoms with Crippen molar-refractivity contribution in [1.29, 1.82) is 0 Å². The molecule has 0 spiro atoms. The van der Waals surface area contributed by atoms with Crippen LogP contribution in [-0.4, -0.2) is 34.3 Å². The van der Waals surface area contributed by atoms with Crippen LogP contribution in [0.15, 0.2) is 30.5 Å². The Labute approximate surface area is 152 Å². The normalized spacial score (nSPS) is 10.8. The number of hydrogen-bond donors (Lipinski definition) is 1. The molecular formula is C18H22ClN3O3. The van der Waals surface area contributed by atoms with E-state index in [-0.39, 0.29) is 30.9 Å². The van der Waals surface area contributed by atoms with Gasteiger partial charge in [-0.1, -0.05) is 24.6 Å². The Morgan fingerprint density at radius 2 is 2.12 bits per heavy atom. The molecule has 134 valence electrons. The van der Waals surface area contributed by atoms with E-state index >= 15 is 0 Å². The zero-order valence-electron chi connectivity index (χ0n) is 14.6. The van der Waals surface area contributed by atoms with Crippen molar-refractivity contribution in [1.82, 2.24) is 15.1 Å². The minimum absolute atomic E-state index is 0.133. The molecule has 1 aromatic heterocycles. The topological polar surface area (TPSA) is 73.2 Å². The SMILES string of the molecule is CCc1c(C(=O)NCCC(=O)OC(C)C)cnn1-c1cccc(Cl)c1. The maximum atomic E-state index is 12.4. The molecule has 1 aromatic carbocycles. The molecular weight excluding hydrogens is 342 g/mol. The van der Waals surface area contributed by atoms with Crippen molar-refractivity contribution in [3.05, 3.63) is 46.7 Å². The fourth-order valence-electron chi connectivity index (χ4n) is 2.43. The maximum Gasteiger partial charge on any atom is 0.307 e. The summed E-state index contributed by atoms with van der Waals surface area (Å²) in [5.41, 5.74) is 2.06. The number of carbonyl (C=O) groups is 2. The number of nitrogens with zero attached hydrogens (tertiary/aromatic N) is 2. The van der Waals surface area contributed by atoms with Gasteiger partial charge in [-0.3, -0.25) is 9.59 Å². The summed E-state index contributed by atoms with van der Waals surface area (Å²) < 4.78 is 6.74. The summed E-state index contributed by atoms with van der Waals surface area (Å²) in [7, 11) is 0. The Hall–Kier alpha value is -2.34. The number of amides is 1. The molecule has 0 aliphatic rings. The molecule has 2 rings (SSSR count). The molecule has 1 heterocycles. The van der Waals surface area contributed by atoms with Gasteiger partial charge in [0.05, 0.1) is 35.7 Å². The summed E-state index contributed by atoms with van der Waals surface area (Å²) >= 11 is 6.03. The van der Waals surface area contributed by atoms with Gasteiger partial charge in [-0.2, -0.15) is 5.10 Å². The lowest BCUT2D eigenvalue weighted by Gasteiger charge is -2.10. The van der Waals surface area contributed by atoms with E-state index in [1.807, 2.05) is 19.1 Å². The van der Waals surface area contributed by atoms with E-state index in [4.69, 9.17) is 16.3 Å². The molecule has 0 atom stereocenters. The van der Waals surface area contributed by atoms with Crippen molar-refractivity contribution >= 4 is 23.5 Å². The number of ether oxygens (including phenoxy) is 1. The molecule has 1 amide bonds. The zero-order valence-corrected chi connectivity index (χ0v) is 15.3. The number of esters is 1. The lowest BCUT2D eigenvalue weighted by Crippen LogP contribution is -2.27. The van der Waals surface area contributed by atoms with Crippen LogP contribution in [0.4, 0.5) is 0 Å². The van der Waals surface area contributed by atoms with Crippen molar-refractivity contribution < 1.29 is 14.3 Å². The third-order valence-electron chi connectivity index (χ3n) is 3.48. The molecule has 0 unspecified atom stereocenters. The van der Waals surface area contributed by atoms with Gasteiger partial charge in [0.2, 0.25) is 0 Å². The van der Waals surface area contributed by atoms with E-state index in [1.165, 1.54) is 6.20 Å². The van der Waals surface area contributed by atoms with Gasteiger partial charge in [-0.15, -0.1) is 0 Å². The standard InChI is InChI=1S/C18H22ClN3O3/c1-4-16-15(18(24)20-9-8-17(23)25-12(2)3)11-21-22(16)14-7-5-6-13(19)10-14/h5-7,10-12H,4,8-9H2,1-3H3,(H,20,24). The summed E-state index contributed by atoms with van der Waals surface area (Å²) in [6, 6.07) is 7.28.